The van der Waals surface area contributed by atoms with Crippen molar-refractivity contribution in [2.45, 2.75) is 64.3 Å². The van der Waals surface area contributed by atoms with Crippen LogP contribution in [0, 0.1) is 0 Å². The van der Waals surface area contributed by atoms with Gasteiger partial charge in [-0.2, -0.15) is 0 Å². The van der Waals surface area contributed by atoms with Crippen molar-refractivity contribution in [1.29, 1.82) is 0 Å². The summed E-state index contributed by atoms with van der Waals surface area (Å²) in [5.74, 6) is 1.54. The molecule has 2 heterocycles. The van der Waals surface area contributed by atoms with Gasteiger partial charge in [0.1, 0.15) is 17.1 Å². The molecule has 142 valence electrons. The number of rotatable bonds is 12. The molecule has 2 rings (SSSR count). The summed E-state index contributed by atoms with van der Waals surface area (Å²) in [7, 11) is 0. The molecule has 0 fully saturated rings. The van der Waals surface area contributed by atoms with Gasteiger partial charge in [0.15, 0.2) is 0 Å². The molecule has 26 heavy (non-hydrogen) atoms. The molecule has 0 spiro atoms. The van der Waals surface area contributed by atoms with E-state index < -0.39 is 5.60 Å². The Morgan fingerprint density at radius 3 is 2.38 bits per heavy atom. The van der Waals surface area contributed by atoms with E-state index in [2.05, 4.69) is 49.4 Å². The molecular formula is C22H31NO2S. The molecule has 0 aliphatic rings. The van der Waals surface area contributed by atoms with Crippen molar-refractivity contribution < 1.29 is 9.52 Å². The Labute approximate surface area is 161 Å². The van der Waals surface area contributed by atoms with Crippen LogP contribution in [0.1, 0.15) is 55.9 Å². The Kier molecular flexibility index (Phi) is 7.88. The molecule has 0 aromatic carbocycles. The first kappa shape index (κ1) is 20.7. The van der Waals surface area contributed by atoms with E-state index in [1.54, 1.807) is 11.3 Å². The van der Waals surface area contributed by atoms with E-state index in [1.165, 1.54) is 4.88 Å². The lowest BCUT2D eigenvalue weighted by Gasteiger charge is -2.26. The van der Waals surface area contributed by atoms with Gasteiger partial charge in [-0.15, -0.1) is 24.5 Å². The average molecular weight is 374 g/mol. The predicted molar refractivity (Wildman–Crippen MR) is 110 cm³/mol. The SMILES string of the molecule is C=CCCC(O)(CCC=C)c1ccc(CN(Cc2cccs2)C(C)C)o1. The van der Waals surface area contributed by atoms with Crippen LogP contribution in [0.5, 0.6) is 0 Å². The highest BCUT2D eigenvalue weighted by Gasteiger charge is 2.31. The highest BCUT2D eigenvalue weighted by Crippen LogP contribution is 2.33. The zero-order valence-corrected chi connectivity index (χ0v) is 16.8. The third kappa shape index (κ3) is 5.70. The van der Waals surface area contributed by atoms with Crippen molar-refractivity contribution in [2.24, 2.45) is 0 Å². The molecule has 0 unspecified atom stereocenters. The van der Waals surface area contributed by atoms with E-state index in [4.69, 9.17) is 4.42 Å². The van der Waals surface area contributed by atoms with Crippen LogP contribution in [-0.4, -0.2) is 16.0 Å². The van der Waals surface area contributed by atoms with Crippen LogP contribution < -0.4 is 0 Å². The lowest BCUT2D eigenvalue weighted by atomic mass is 9.89. The quantitative estimate of drug-likeness (QED) is 0.473. The zero-order valence-electron chi connectivity index (χ0n) is 16.0. The first-order valence-electron chi connectivity index (χ1n) is 9.28. The topological polar surface area (TPSA) is 36.6 Å². The summed E-state index contributed by atoms with van der Waals surface area (Å²) in [5, 5.41) is 13.2. The third-order valence-corrected chi connectivity index (χ3v) is 5.53. The molecule has 0 atom stereocenters. The second kappa shape index (κ2) is 9.91. The van der Waals surface area contributed by atoms with Gasteiger partial charge in [0.05, 0.1) is 6.54 Å². The Morgan fingerprint density at radius 2 is 1.85 bits per heavy atom. The smallest absolute Gasteiger partial charge is 0.135 e. The van der Waals surface area contributed by atoms with Crippen LogP contribution >= 0.6 is 11.3 Å². The molecule has 0 aliphatic heterocycles. The fourth-order valence-electron chi connectivity index (χ4n) is 2.99. The van der Waals surface area contributed by atoms with Crippen LogP contribution in [0.4, 0.5) is 0 Å². The Balaban J connectivity index is 2.12. The van der Waals surface area contributed by atoms with E-state index in [9.17, 15) is 5.11 Å². The van der Waals surface area contributed by atoms with E-state index >= 15 is 0 Å². The summed E-state index contributed by atoms with van der Waals surface area (Å²) in [6, 6.07) is 8.57. The maximum absolute atomic E-state index is 11.1. The van der Waals surface area contributed by atoms with Crippen LogP contribution in [0.15, 0.2) is 59.4 Å². The highest BCUT2D eigenvalue weighted by molar-refractivity contribution is 7.09. The van der Waals surface area contributed by atoms with Crippen molar-refractivity contribution in [3.8, 4) is 0 Å². The minimum absolute atomic E-state index is 0.408. The van der Waals surface area contributed by atoms with Gasteiger partial charge in [0.25, 0.3) is 0 Å². The summed E-state index contributed by atoms with van der Waals surface area (Å²) in [6.07, 6.45) is 6.40. The molecule has 0 bridgehead atoms. The molecule has 4 heteroatoms. The molecule has 2 aromatic heterocycles. The van der Waals surface area contributed by atoms with Crippen molar-refractivity contribution in [2.75, 3.05) is 0 Å². The number of thiophene rings is 1. The van der Waals surface area contributed by atoms with Gasteiger partial charge < -0.3 is 9.52 Å². The minimum Gasteiger partial charge on any atom is -0.462 e. The van der Waals surface area contributed by atoms with Crippen molar-refractivity contribution in [3.63, 3.8) is 0 Å². The molecule has 0 saturated carbocycles. The summed E-state index contributed by atoms with van der Waals surface area (Å²) >= 11 is 1.78. The van der Waals surface area contributed by atoms with Crippen molar-refractivity contribution in [3.05, 3.63) is 71.4 Å². The predicted octanol–water partition coefficient (Wildman–Crippen LogP) is 5.87. The maximum atomic E-state index is 11.1. The summed E-state index contributed by atoms with van der Waals surface area (Å²) in [4.78, 5) is 3.72. The number of hydrogen-bond donors (Lipinski definition) is 1. The lowest BCUT2D eigenvalue weighted by molar-refractivity contribution is -0.00232. The van der Waals surface area contributed by atoms with E-state index in [0.29, 0.717) is 24.6 Å². The van der Waals surface area contributed by atoms with E-state index in [1.807, 2.05) is 24.3 Å². The summed E-state index contributed by atoms with van der Waals surface area (Å²) < 4.78 is 6.09. The minimum atomic E-state index is -0.961. The number of furan rings is 1. The molecule has 3 nitrogen and oxygen atoms in total. The van der Waals surface area contributed by atoms with Gasteiger partial charge in [-0.3, -0.25) is 4.90 Å². The number of allylic oxidation sites excluding steroid dienone is 2. The molecule has 0 radical (unpaired) electrons. The molecule has 1 N–H and O–H groups in total. The van der Waals surface area contributed by atoms with Gasteiger partial charge in [0.2, 0.25) is 0 Å². The number of hydrogen-bond acceptors (Lipinski definition) is 4. The zero-order chi connectivity index (χ0) is 19.0. The highest BCUT2D eigenvalue weighted by atomic mass is 32.1. The second-order valence-electron chi connectivity index (χ2n) is 7.03. The lowest BCUT2D eigenvalue weighted by Crippen LogP contribution is -2.29. The number of nitrogens with zero attached hydrogens (tertiary/aromatic N) is 1. The van der Waals surface area contributed by atoms with Gasteiger partial charge in [-0.1, -0.05) is 18.2 Å². The van der Waals surface area contributed by atoms with Gasteiger partial charge >= 0.3 is 0 Å². The van der Waals surface area contributed by atoms with Crippen LogP contribution in [0.25, 0.3) is 0 Å². The Morgan fingerprint density at radius 1 is 1.15 bits per heavy atom. The molecule has 0 amide bonds. The van der Waals surface area contributed by atoms with Crippen molar-refractivity contribution in [1.82, 2.24) is 4.90 Å². The number of aliphatic hydroxyl groups is 1. The van der Waals surface area contributed by atoms with Gasteiger partial charge in [0, 0.05) is 17.5 Å². The van der Waals surface area contributed by atoms with Crippen molar-refractivity contribution >= 4 is 11.3 Å². The fraction of sp³-hybridized carbons (Fsp3) is 0.455. The van der Waals surface area contributed by atoms with Crippen LogP contribution in [0.3, 0.4) is 0 Å². The fourth-order valence-corrected chi connectivity index (χ4v) is 3.72. The van der Waals surface area contributed by atoms with Gasteiger partial charge in [-0.25, -0.2) is 0 Å². The summed E-state index contributed by atoms with van der Waals surface area (Å²) in [6.45, 7) is 13.6. The normalized spacial score (nSPS) is 12.0. The largest absolute Gasteiger partial charge is 0.462 e. The molecular weight excluding hydrogens is 342 g/mol. The monoisotopic (exact) mass is 373 g/mol. The Bertz CT molecular complexity index is 660. The first-order chi connectivity index (χ1) is 12.5. The average Bonchev–Trinajstić information content (AvgIpc) is 3.29. The standard InChI is InChI=1S/C22H31NO2S/c1-5-7-13-22(24,14-8-6-2)21-12-11-19(25-21)16-23(18(3)4)17-20-10-9-15-26-20/h5-6,9-12,15,18,24H,1-2,7-8,13-14,16-17H2,3-4H3. The molecule has 0 aliphatic carbocycles. The van der Waals surface area contributed by atoms with Crippen LogP contribution in [0.2, 0.25) is 0 Å². The molecule has 0 saturated heterocycles. The van der Waals surface area contributed by atoms with E-state index in [-0.39, 0.29) is 0 Å². The van der Waals surface area contributed by atoms with E-state index in [0.717, 1.165) is 31.7 Å². The maximum Gasteiger partial charge on any atom is 0.135 e. The van der Waals surface area contributed by atoms with Crippen LogP contribution in [-0.2, 0) is 18.7 Å². The summed E-state index contributed by atoms with van der Waals surface area (Å²) in [5.41, 5.74) is -0.961. The molecule has 2 aromatic rings. The second-order valence-corrected chi connectivity index (χ2v) is 8.06. The third-order valence-electron chi connectivity index (χ3n) is 4.67. The Hall–Kier alpha value is -1.62. The van der Waals surface area contributed by atoms with Gasteiger partial charge in [-0.05, 0) is 63.1 Å². The first-order valence-corrected chi connectivity index (χ1v) is 10.2.